The fourth-order valence-electron chi connectivity index (χ4n) is 5.77. The number of methoxy groups -OCH3 is 1. The van der Waals surface area contributed by atoms with E-state index in [0.29, 0.717) is 5.75 Å². The molecule has 2 amide bonds. The molecule has 0 spiro atoms. The zero-order valence-electron chi connectivity index (χ0n) is 23.5. The van der Waals surface area contributed by atoms with E-state index in [9.17, 15) is 18.3 Å². The lowest BCUT2D eigenvalue weighted by atomic mass is 9.81. The van der Waals surface area contributed by atoms with Crippen LogP contribution in [0, 0.1) is 0 Å². The van der Waals surface area contributed by atoms with E-state index in [1.54, 1.807) is 38.1 Å². The lowest BCUT2D eigenvalue weighted by Crippen LogP contribution is -2.59. The fourth-order valence-corrected chi connectivity index (χ4v) is 7.40. The van der Waals surface area contributed by atoms with Crippen molar-refractivity contribution in [3.05, 3.63) is 76.9 Å². The molecule has 42 heavy (non-hydrogen) atoms. The predicted octanol–water partition coefficient (Wildman–Crippen LogP) is 2.64. The Labute approximate surface area is 249 Å². The highest BCUT2D eigenvalue weighted by atomic mass is 35.5. The SMILES string of the molecule is CCOc1ncccc1C1(N2C[C@H](O)C[C@H]2C(=O)N(C)C)C(=O)N(S(=O)(=O)c2ccc(OC)cc2)c2ccc(Cl)cc21. The standard InChI is InChI=1S/C29H31ClN4O7S/c1-5-41-26-22(7-6-14-31-26)29(33-17-19(35)16-25(33)27(36)32(2)3)23-15-18(30)8-13-24(23)34(28(29)37)42(38,39)21-11-9-20(40-4)10-12-21/h6-15,19,25,35H,5,16-17H2,1-4H3/t19-,25+,29?/m1/s1. The summed E-state index contributed by atoms with van der Waals surface area (Å²) < 4.78 is 40.3. The van der Waals surface area contributed by atoms with E-state index in [1.807, 2.05) is 0 Å². The van der Waals surface area contributed by atoms with Crippen LogP contribution in [0.25, 0.3) is 0 Å². The first kappa shape index (κ1) is 29.8. The summed E-state index contributed by atoms with van der Waals surface area (Å²) in [5.74, 6) is -0.716. The number of likely N-dealkylation sites (N-methyl/N-ethyl adjacent to an activating group) is 1. The minimum absolute atomic E-state index is 0.0252. The maximum atomic E-state index is 15.1. The average molecular weight is 615 g/mol. The van der Waals surface area contributed by atoms with Gasteiger partial charge in [0.25, 0.3) is 15.9 Å². The van der Waals surface area contributed by atoms with Crippen molar-refractivity contribution in [2.45, 2.75) is 35.9 Å². The van der Waals surface area contributed by atoms with E-state index < -0.39 is 33.6 Å². The summed E-state index contributed by atoms with van der Waals surface area (Å²) in [5.41, 5.74) is -1.45. The Morgan fingerprint density at radius 3 is 2.52 bits per heavy atom. The number of aromatic nitrogens is 1. The van der Waals surface area contributed by atoms with Gasteiger partial charge in [0.2, 0.25) is 11.8 Å². The van der Waals surface area contributed by atoms with Crippen LogP contribution in [0.4, 0.5) is 5.69 Å². The monoisotopic (exact) mass is 614 g/mol. The van der Waals surface area contributed by atoms with Crippen molar-refractivity contribution in [1.82, 2.24) is 14.8 Å². The van der Waals surface area contributed by atoms with E-state index in [2.05, 4.69) is 4.98 Å². The number of hydrogen-bond acceptors (Lipinski definition) is 9. The molecule has 1 saturated heterocycles. The quantitative estimate of drug-likeness (QED) is 0.407. The number of amides is 2. The van der Waals surface area contributed by atoms with Crippen molar-refractivity contribution < 1.29 is 32.6 Å². The molecule has 0 bridgehead atoms. The van der Waals surface area contributed by atoms with Crippen LogP contribution < -0.4 is 13.8 Å². The number of halogens is 1. The Hall–Kier alpha value is -3.71. The van der Waals surface area contributed by atoms with Gasteiger partial charge in [-0.25, -0.2) is 17.7 Å². The fraction of sp³-hybridized carbons (Fsp3) is 0.345. The summed E-state index contributed by atoms with van der Waals surface area (Å²) in [6.45, 7) is 1.84. The van der Waals surface area contributed by atoms with Crippen molar-refractivity contribution in [3.63, 3.8) is 0 Å². The number of nitrogens with zero attached hydrogens (tertiary/aromatic N) is 4. The Morgan fingerprint density at radius 2 is 1.88 bits per heavy atom. The van der Waals surface area contributed by atoms with Gasteiger partial charge in [-0.05, 0) is 67.9 Å². The molecule has 2 aromatic carbocycles. The first-order valence-electron chi connectivity index (χ1n) is 13.3. The first-order valence-corrected chi connectivity index (χ1v) is 15.1. The molecular formula is C29H31ClN4O7S. The van der Waals surface area contributed by atoms with Crippen molar-refractivity contribution in [2.75, 3.05) is 38.7 Å². The summed E-state index contributed by atoms with van der Waals surface area (Å²) >= 11 is 6.50. The molecule has 0 saturated carbocycles. The third-order valence-corrected chi connectivity index (χ3v) is 9.48. The average Bonchev–Trinajstić information content (AvgIpc) is 3.48. The molecule has 5 rings (SSSR count). The summed E-state index contributed by atoms with van der Waals surface area (Å²) in [4.78, 5) is 35.8. The van der Waals surface area contributed by atoms with Crippen LogP contribution in [-0.4, -0.2) is 86.6 Å². The van der Waals surface area contributed by atoms with Gasteiger partial charge >= 0.3 is 0 Å². The molecule has 0 radical (unpaired) electrons. The molecule has 3 atom stereocenters. The number of pyridine rings is 1. The third-order valence-electron chi connectivity index (χ3n) is 7.54. The molecular weight excluding hydrogens is 584 g/mol. The van der Waals surface area contributed by atoms with E-state index in [4.69, 9.17) is 21.1 Å². The van der Waals surface area contributed by atoms with E-state index in [0.717, 1.165) is 4.31 Å². The molecule has 1 N–H and O–H groups in total. The Kier molecular flexibility index (Phi) is 7.92. The summed E-state index contributed by atoms with van der Waals surface area (Å²) in [5, 5.41) is 11.1. The molecule has 2 aliphatic rings. The zero-order chi connectivity index (χ0) is 30.4. The van der Waals surface area contributed by atoms with Gasteiger partial charge in [0.1, 0.15) is 5.75 Å². The van der Waals surface area contributed by atoms with Crippen LogP contribution >= 0.6 is 11.6 Å². The number of fused-ring (bicyclic) bond motifs is 1. The lowest BCUT2D eigenvalue weighted by Gasteiger charge is -2.41. The molecule has 1 unspecified atom stereocenters. The predicted molar refractivity (Wildman–Crippen MR) is 155 cm³/mol. The van der Waals surface area contributed by atoms with Crippen molar-refractivity contribution in [2.24, 2.45) is 0 Å². The van der Waals surface area contributed by atoms with Gasteiger partial charge < -0.3 is 19.5 Å². The zero-order valence-corrected chi connectivity index (χ0v) is 25.1. The number of aliphatic hydroxyl groups excluding tert-OH is 1. The van der Waals surface area contributed by atoms with Gasteiger partial charge in [-0.1, -0.05) is 11.6 Å². The number of rotatable bonds is 8. The van der Waals surface area contributed by atoms with Crippen molar-refractivity contribution >= 4 is 39.1 Å². The van der Waals surface area contributed by atoms with Crippen LogP contribution in [0.5, 0.6) is 11.6 Å². The highest BCUT2D eigenvalue weighted by molar-refractivity contribution is 7.93. The molecule has 222 valence electrons. The number of ether oxygens (including phenoxy) is 2. The third kappa shape index (κ3) is 4.58. The second-order valence-electron chi connectivity index (χ2n) is 10.2. The molecule has 3 aromatic rings. The number of β-amino-alcohol motifs (C(OH)–C–C–N with tert-alkyl or cyclic N) is 1. The van der Waals surface area contributed by atoms with E-state index in [1.165, 1.54) is 60.7 Å². The minimum atomic E-state index is -4.50. The number of hydrogen-bond donors (Lipinski definition) is 1. The molecule has 2 aliphatic heterocycles. The number of benzene rings is 2. The Bertz CT molecular complexity index is 1630. The van der Waals surface area contributed by atoms with Crippen molar-refractivity contribution in [1.29, 1.82) is 0 Å². The summed E-state index contributed by atoms with van der Waals surface area (Å²) in [6, 6.07) is 12.4. The number of carbonyl (C=O) groups excluding carboxylic acids is 2. The van der Waals surface area contributed by atoms with Gasteiger partial charge in [-0.15, -0.1) is 0 Å². The van der Waals surface area contributed by atoms with Crippen LogP contribution in [0.1, 0.15) is 24.5 Å². The van der Waals surface area contributed by atoms with Crippen LogP contribution in [-0.2, 0) is 25.2 Å². The molecule has 1 fully saturated rings. The van der Waals surface area contributed by atoms with Crippen LogP contribution in [0.15, 0.2) is 65.7 Å². The summed E-state index contributed by atoms with van der Waals surface area (Å²) in [7, 11) is 0.116. The smallest absolute Gasteiger partial charge is 0.271 e. The number of aliphatic hydroxyl groups is 1. The van der Waals surface area contributed by atoms with Gasteiger partial charge in [-0.2, -0.15) is 0 Å². The Balaban J connectivity index is 1.85. The van der Waals surface area contributed by atoms with Gasteiger partial charge in [0.15, 0.2) is 5.54 Å². The number of sulfonamides is 1. The first-order chi connectivity index (χ1) is 20.0. The number of likely N-dealkylation sites (tertiary alicyclic amines) is 1. The molecule has 11 nitrogen and oxygen atoms in total. The molecule has 13 heteroatoms. The normalized spacial score (nSPS) is 22.2. The largest absolute Gasteiger partial charge is 0.497 e. The van der Waals surface area contributed by atoms with Crippen LogP contribution in [0.3, 0.4) is 0 Å². The van der Waals surface area contributed by atoms with Gasteiger partial charge in [0, 0.05) is 43.0 Å². The number of anilines is 1. The lowest BCUT2D eigenvalue weighted by molar-refractivity contribution is -0.138. The molecule has 0 aliphatic carbocycles. The Morgan fingerprint density at radius 1 is 1.17 bits per heavy atom. The highest BCUT2D eigenvalue weighted by Crippen LogP contribution is 2.54. The minimum Gasteiger partial charge on any atom is -0.497 e. The van der Waals surface area contributed by atoms with Gasteiger partial charge in [-0.3, -0.25) is 14.5 Å². The van der Waals surface area contributed by atoms with E-state index >= 15 is 4.79 Å². The molecule has 3 heterocycles. The highest BCUT2D eigenvalue weighted by Gasteiger charge is 2.64. The number of carbonyl (C=O) groups is 2. The maximum absolute atomic E-state index is 15.1. The second kappa shape index (κ2) is 11.2. The summed E-state index contributed by atoms with van der Waals surface area (Å²) in [6.07, 6.45) is 0.538. The van der Waals surface area contributed by atoms with Crippen LogP contribution in [0.2, 0.25) is 5.02 Å². The topological polar surface area (TPSA) is 130 Å². The van der Waals surface area contributed by atoms with Gasteiger partial charge in [0.05, 0.1) is 36.4 Å². The maximum Gasteiger partial charge on any atom is 0.271 e. The second-order valence-corrected chi connectivity index (χ2v) is 12.4. The van der Waals surface area contributed by atoms with E-state index in [-0.39, 0.29) is 58.1 Å². The van der Waals surface area contributed by atoms with Crippen molar-refractivity contribution in [3.8, 4) is 11.6 Å². The molecule has 1 aromatic heterocycles.